The maximum Gasteiger partial charge on any atom is 0.347 e. The molecule has 1 aromatic carbocycles. The van der Waals surface area contributed by atoms with Crippen molar-refractivity contribution in [1.29, 1.82) is 0 Å². The van der Waals surface area contributed by atoms with Crippen molar-refractivity contribution in [3.05, 3.63) is 48.0 Å². The van der Waals surface area contributed by atoms with E-state index in [1.54, 1.807) is 13.0 Å². The Balaban J connectivity index is 2.08. The minimum absolute atomic E-state index is 0.138. The van der Waals surface area contributed by atoms with Gasteiger partial charge < -0.3 is 14.2 Å². The summed E-state index contributed by atoms with van der Waals surface area (Å²) in [6.45, 7) is 4.18. The number of carbonyl (C=O) groups is 2. The first-order chi connectivity index (χ1) is 10.6. The van der Waals surface area contributed by atoms with Crippen molar-refractivity contribution in [3.8, 4) is 0 Å². The van der Waals surface area contributed by atoms with Crippen LogP contribution < -0.4 is 0 Å². The minimum atomic E-state index is -0.923. The molecule has 1 atom stereocenters. The lowest BCUT2D eigenvalue weighted by molar-refractivity contribution is -0.164. The molecule has 1 aromatic rings. The van der Waals surface area contributed by atoms with Gasteiger partial charge in [-0.25, -0.2) is 9.59 Å². The van der Waals surface area contributed by atoms with Gasteiger partial charge in [0.15, 0.2) is 6.10 Å². The van der Waals surface area contributed by atoms with E-state index in [0.717, 1.165) is 6.42 Å². The fraction of sp³-hybridized carbons (Fsp3) is 0.412. The summed E-state index contributed by atoms with van der Waals surface area (Å²) in [5.41, 5.74) is 1.20. The van der Waals surface area contributed by atoms with Crippen molar-refractivity contribution >= 4 is 11.9 Å². The zero-order valence-corrected chi connectivity index (χ0v) is 13.0. The summed E-state index contributed by atoms with van der Waals surface area (Å²) in [6.07, 6.45) is 2.68. The standard InChI is InChI=1S/C17H22O5/c1-3-7-16(18)22-14(2)17(19)21-13-12-20-11-10-15-8-5-4-6-9-15/h3-9,14H,10-13H2,1-2H3/b7-3+. The average molecular weight is 306 g/mol. The van der Waals surface area contributed by atoms with Gasteiger partial charge in [0.05, 0.1) is 13.2 Å². The van der Waals surface area contributed by atoms with E-state index in [2.05, 4.69) is 0 Å². The van der Waals surface area contributed by atoms with Crippen molar-refractivity contribution in [3.63, 3.8) is 0 Å². The summed E-state index contributed by atoms with van der Waals surface area (Å²) < 4.78 is 15.2. The van der Waals surface area contributed by atoms with Crippen LogP contribution in [0, 0.1) is 0 Å². The van der Waals surface area contributed by atoms with Gasteiger partial charge in [0.25, 0.3) is 0 Å². The van der Waals surface area contributed by atoms with Gasteiger partial charge in [-0.1, -0.05) is 36.4 Å². The monoisotopic (exact) mass is 306 g/mol. The lowest BCUT2D eigenvalue weighted by atomic mass is 10.2. The molecule has 5 heteroatoms. The highest BCUT2D eigenvalue weighted by atomic mass is 16.6. The molecule has 0 fully saturated rings. The molecule has 5 nitrogen and oxygen atoms in total. The maximum absolute atomic E-state index is 11.6. The first kappa shape index (κ1) is 17.9. The molecule has 0 aromatic heterocycles. The first-order valence-electron chi connectivity index (χ1n) is 7.25. The second kappa shape index (κ2) is 10.6. The van der Waals surface area contributed by atoms with Crippen LogP contribution in [-0.2, 0) is 30.2 Å². The molecule has 0 aliphatic carbocycles. The van der Waals surface area contributed by atoms with E-state index in [1.807, 2.05) is 30.3 Å². The number of hydrogen-bond donors (Lipinski definition) is 0. The van der Waals surface area contributed by atoms with Crippen LogP contribution in [0.5, 0.6) is 0 Å². The van der Waals surface area contributed by atoms with E-state index in [1.165, 1.54) is 18.6 Å². The van der Waals surface area contributed by atoms with E-state index in [-0.39, 0.29) is 6.61 Å². The zero-order valence-electron chi connectivity index (χ0n) is 13.0. The van der Waals surface area contributed by atoms with Gasteiger partial charge in [0.2, 0.25) is 0 Å². The lowest BCUT2D eigenvalue weighted by Crippen LogP contribution is -2.26. The lowest BCUT2D eigenvalue weighted by Gasteiger charge is -2.11. The quantitative estimate of drug-likeness (QED) is 0.398. The van der Waals surface area contributed by atoms with E-state index < -0.39 is 18.0 Å². The summed E-state index contributed by atoms with van der Waals surface area (Å²) >= 11 is 0. The first-order valence-corrected chi connectivity index (χ1v) is 7.25. The van der Waals surface area contributed by atoms with E-state index in [0.29, 0.717) is 13.2 Å². The summed E-state index contributed by atoms with van der Waals surface area (Å²) in [4.78, 5) is 22.7. The van der Waals surface area contributed by atoms with E-state index in [4.69, 9.17) is 14.2 Å². The molecular weight excluding hydrogens is 284 g/mol. The van der Waals surface area contributed by atoms with Crippen LogP contribution in [0.4, 0.5) is 0 Å². The van der Waals surface area contributed by atoms with Crippen molar-refractivity contribution in [1.82, 2.24) is 0 Å². The molecule has 0 saturated heterocycles. The molecule has 0 bridgehead atoms. The molecule has 120 valence electrons. The minimum Gasteiger partial charge on any atom is -0.461 e. The van der Waals surface area contributed by atoms with Gasteiger partial charge in [-0.3, -0.25) is 0 Å². The Morgan fingerprint density at radius 1 is 1.14 bits per heavy atom. The van der Waals surface area contributed by atoms with Gasteiger partial charge in [0.1, 0.15) is 6.61 Å². The second-order valence-corrected chi connectivity index (χ2v) is 4.59. The Bertz CT molecular complexity index is 481. The molecule has 0 spiro atoms. The number of carbonyl (C=O) groups excluding carboxylic acids is 2. The normalized spacial score (nSPS) is 12.1. The van der Waals surface area contributed by atoms with Crippen LogP contribution in [0.15, 0.2) is 42.5 Å². The predicted octanol–water partition coefficient (Wildman–Crippen LogP) is 2.30. The highest BCUT2D eigenvalue weighted by Crippen LogP contribution is 2.00. The molecule has 1 rings (SSSR count). The van der Waals surface area contributed by atoms with Crippen LogP contribution in [0.1, 0.15) is 19.4 Å². The largest absolute Gasteiger partial charge is 0.461 e. The Hall–Kier alpha value is -2.14. The van der Waals surface area contributed by atoms with Crippen LogP contribution in [-0.4, -0.2) is 37.9 Å². The van der Waals surface area contributed by atoms with Crippen LogP contribution >= 0.6 is 0 Å². The molecular formula is C17H22O5. The molecule has 0 saturated carbocycles. The topological polar surface area (TPSA) is 61.8 Å². The van der Waals surface area contributed by atoms with E-state index in [9.17, 15) is 9.59 Å². The number of benzene rings is 1. The Morgan fingerprint density at radius 3 is 2.55 bits per heavy atom. The smallest absolute Gasteiger partial charge is 0.347 e. The number of hydrogen-bond acceptors (Lipinski definition) is 5. The molecule has 0 aliphatic rings. The number of esters is 2. The van der Waals surface area contributed by atoms with Crippen molar-refractivity contribution < 1.29 is 23.8 Å². The molecule has 0 N–H and O–H groups in total. The zero-order chi connectivity index (χ0) is 16.2. The molecule has 0 heterocycles. The van der Waals surface area contributed by atoms with E-state index >= 15 is 0 Å². The Labute approximate surface area is 130 Å². The number of ether oxygens (including phenoxy) is 3. The summed E-state index contributed by atoms with van der Waals surface area (Å²) in [6, 6.07) is 9.99. The van der Waals surface area contributed by atoms with Gasteiger partial charge in [-0.05, 0) is 25.8 Å². The summed E-state index contributed by atoms with van der Waals surface area (Å²) in [5.74, 6) is -1.14. The van der Waals surface area contributed by atoms with Gasteiger partial charge >= 0.3 is 11.9 Å². The highest BCUT2D eigenvalue weighted by Gasteiger charge is 2.17. The average Bonchev–Trinajstić information content (AvgIpc) is 2.51. The van der Waals surface area contributed by atoms with Crippen molar-refractivity contribution in [2.24, 2.45) is 0 Å². The summed E-state index contributed by atoms with van der Waals surface area (Å²) in [5, 5.41) is 0. The Kier molecular flexibility index (Phi) is 8.60. The number of rotatable bonds is 9. The fourth-order valence-electron chi connectivity index (χ4n) is 1.65. The predicted molar refractivity (Wildman–Crippen MR) is 82.3 cm³/mol. The van der Waals surface area contributed by atoms with Gasteiger partial charge in [0, 0.05) is 6.08 Å². The van der Waals surface area contributed by atoms with Crippen molar-refractivity contribution in [2.45, 2.75) is 26.4 Å². The highest BCUT2D eigenvalue weighted by molar-refractivity contribution is 5.85. The van der Waals surface area contributed by atoms with Gasteiger partial charge in [-0.2, -0.15) is 0 Å². The molecule has 22 heavy (non-hydrogen) atoms. The molecule has 0 radical (unpaired) electrons. The van der Waals surface area contributed by atoms with Gasteiger partial charge in [-0.15, -0.1) is 0 Å². The number of allylic oxidation sites excluding steroid dienone is 1. The van der Waals surface area contributed by atoms with Crippen LogP contribution in [0.2, 0.25) is 0 Å². The third-order valence-electron chi connectivity index (χ3n) is 2.78. The second-order valence-electron chi connectivity index (χ2n) is 4.59. The van der Waals surface area contributed by atoms with Crippen LogP contribution in [0.3, 0.4) is 0 Å². The molecule has 0 amide bonds. The van der Waals surface area contributed by atoms with Crippen molar-refractivity contribution in [2.75, 3.05) is 19.8 Å². The third-order valence-corrected chi connectivity index (χ3v) is 2.78. The third kappa shape index (κ3) is 7.59. The summed E-state index contributed by atoms with van der Waals surface area (Å²) in [7, 11) is 0. The molecule has 0 aliphatic heterocycles. The molecule has 1 unspecified atom stereocenters. The van der Waals surface area contributed by atoms with Crippen LogP contribution in [0.25, 0.3) is 0 Å². The fourth-order valence-corrected chi connectivity index (χ4v) is 1.65. The Morgan fingerprint density at radius 2 is 1.86 bits per heavy atom. The SMILES string of the molecule is C/C=C/C(=O)OC(C)C(=O)OCCOCCc1ccccc1. The maximum atomic E-state index is 11.6.